The van der Waals surface area contributed by atoms with Crippen LogP contribution in [-0.4, -0.2) is 28.3 Å². The summed E-state index contributed by atoms with van der Waals surface area (Å²) in [7, 11) is -1.33. The summed E-state index contributed by atoms with van der Waals surface area (Å²) in [5.41, 5.74) is -0.338. The molecule has 0 amide bonds. The number of esters is 1. The van der Waals surface area contributed by atoms with Crippen LogP contribution in [0.1, 0.15) is 26.3 Å². The molecule has 0 saturated heterocycles. The first-order valence-corrected chi connectivity index (χ1v) is 7.96. The van der Waals surface area contributed by atoms with Gasteiger partial charge in [-0.25, -0.2) is 0 Å². The maximum absolute atomic E-state index is 12.1. The predicted molar refractivity (Wildman–Crippen MR) is 78.6 cm³/mol. The number of rotatable bonds is 7. The van der Waals surface area contributed by atoms with E-state index in [0.717, 1.165) is 5.56 Å². The van der Waals surface area contributed by atoms with Crippen LogP contribution >= 0.6 is 0 Å². The second-order valence-corrected chi connectivity index (χ2v) is 6.44. The Morgan fingerprint density at radius 2 is 1.80 bits per heavy atom. The van der Waals surface area contributed by atoms with Crippen molar-refractivity contribution in [2.24, 2.45) is 5.41 Å². The minimum atomic E-state index is -1.33. The second-order valence-electron chi connectivity index (χ2n) is 4.98. The van der Waals surface area contributed by atoms with Gasteiger partial charge in [-0.15, -0.1) is 0 Å². The van der Waals surface area contributed by atoms with Gasteiger partial charge in [-0.05, 0) is 26.3 Å². The van der Waals surface area contributed by atoms with Crippen LogP contribution in [-0.2, 0) is 30.9 Å². The number of carbonyl (C=O) groups is 2. The van der Waals surface area contributed by atoms with Crippen molar-refractivity contribution in [1.82, 2.24) is 0 Å². The lowest BCUT2D eigenvalue weighted by Gasteiger charge is -2.20. The fraction of sp³-hybridized carbons (Fsp3) is 0.467. The third-order valence-electron chi connectivity index (χ3n) is 2.95. The van der Waals surface area contributed by atoms with Gasteiger partial charge in [-0.3, -0.25) is 13.8 Å². The topological polar surface area (TPSA) is 60.4 Å². The van der Waals surface area contributed by atoms with Crippen LogP contribution in [0.2, 0.25) is 0 Å². The van der Waals surface area contributed by atoms with E-state index >= 15 is 0 Å². The SMILES string of the molecule is CCOC(=O)C(C)(C)C(=O)CS(=O)Cc1ccccc1. The van der Waals surface area contributed by atoms with E-state index in [9.17, 15) is 13.8 Å². The Morgan fingerprint density at radius 3 is 2.35 bits per heavy atom. The van der Waals surface area contributed by atoms with Crippen LogP contribution in [0.4, 0.5) is 0 Å². The fourth-order valence-electron chi connectivity index (χ4n) is 1.56. The Kier molecular flexibility index (Phi) is 6.07. The van der Waals surface area contributed by atoms with Crippen molar-refractivity contribution < 1.29 is 18.5 Å². The zero-order chi connectivity index (χ0) is 15.2. The van der Waals surface area contributed by atoms with Crippen molar-refractivity contribution in [3.63, 3.8) is 0 Å². The van der Waals surface area contributed by atoms with E-state index in [1.165, 1.54) is 13.8 Å². The summed E-state index contributed by atoms with van der Waals surface area (Å²) in [5.74, 6) is -0.751. The van der Waals surface area contributed by atoms with Gasteiger partial charge in [-0.2, -0.15) is 0 Å². The maximum Gasteiger partial charge on any atom is 0.319 e. The van der Waals surface area contributed by atoms with Crippen LogP contribution in [0.25, 0.3) is 0 Å². The number of hydrogen-bond acceptors (Lipinski definition) is 4. The zero-order valence-corrected chi connectivity index (χ0v) is 12.9. The largest absolute Gasteiger partial charge is 0.465 e. The molecule has 1 unspecified atom stereocenters. The summed E-state index contributed by atoms with van der Waals surface area (Å²) in [5, 5.41) is 0. The van der Waals surface area contributed by atoms with Gasteiger partial charge >= 0.3 is 5.97 Å². The number of benzene rings is 1. The molecule has 0 saturated carbocycles. The molecule has 0 aliphatic heterocycles. The molecular weight excluding hydrogens is 276 g/mol. The molecule has 0 aliphatic rings. The molecular formula is C15H20O4S. The minimum absolute atomic E-state index is 0.138. The lowest BCUT2D eigenvalue weighted by atomic mass is 9.89. The number of hydrogen-bond donors (Lipinski definition) is 0. The molecule has 0 heterocycles. The van der Waals surface area contributed by atoms with E-state index in [1.54, 1.807) is 6.92 Å². The summed E-state index contributed by atoms with van der Waals surface area (Å²) in [6.07, 6.45) is 0. The van der Waals surface area contributed by atoms with Crippen molar-refractivity contribution in [3.8, 4) is 0 Å². The van der Waals surface area contributed by atoms with E-state index in [2.05, 4.69) is 0 Å². The van der Waals surface area contributed by atoms with E-state index < -0.39 is 22.2 Å². The van der Waals surface area contributed by atoms with Crippen molar-refractivity contribution in [2.45, 2.75) is 26.5 Å². The Bertz CT molecular complexity index is 494. The standard InChI is InChI=1S/C15H20O4S/c1-4-19-14(17)15(2,3)13(16)11-20(18)10-12-8-6-5-7-9-12/h5-9H,4,10-11H2,1-3H3. The minimum Gasteiger partial charge on any atom is -0.465 e. The van der Waals surface area contributed by atoms with Crippen molar-refractivity contribution >= 4 is 22.6 Å². The Labute approximate surface area is 122 Å². The van der Waals surface area contributed by atoms with Gasteiger partial charge in [0.05, 0.1) is 12.4 Å². The molecule has 0 bridgehead atoms. The molecule has 1 atom stereocenters. The second kappa shape index (κ2) is 7.33. The third-order valence-corrected chi connectivity index (χ3v) is 4.18. The average molecular weight is 296 g/mol. The highest BCUT2D eigenvalue weighted by Crippen LogP contribution is 2.20. The molecule has 1 aromatic carbocycles. The first-order valence-electron chi connectivity index (χ1n) is 6.47. The molecule has 0 aliphatic carbocycles. The molecule has 0 radical (unpaired) electrons. The van der Waals surface area contributed by atoms with Crippen LogP contribution in [0.3, 0.4) is 0 Å². The molecule has 1 aromatic rings. The quantitative estimate of drug-likeness (QED) is 0.571. The summed E-state index contributed by atoms with van der Waals surface area (Å²) in [6.45, 7) is 4.93. The van der Waals surface area contributed by atoms with Crippen molar-refractivity contribution in [1.29, 1.82) is 0 Å². The predicted octanol–water partition coefficient (Wildman–Crippen LogP) is 2.09. The summed E-state index contributed by atoms with van der Waals surface area (Å²) in [6, 6.07) is 9.31. The fourth-order valence-corrected chi connectivity index (χ4v) is 2.88. The van der Waals surface area contributed by atoms with Gasteiger partial charge in [0.15, 0.2) is 5.78 Å². The normalized spacial score (nSPS) is 12.8. The highest BCUT2D eigenvalue weighted by Gasteiger charge is 2.37. The van der Waals surface area contributed by atoms with Crippen LogP contribution in [0.15, 0.2) is 30.3 Å². The molecule has 110 valence electrons. The third kappa shape index (κ3) is 4.56. The number of carbonyl (C=O) groups excluding carboxylic acids is 2. The molecule has 0 fully saturated rings. The Morgan fingerprint density at radius 1 is 1.20 bits per heavy atom. The summed E-state index contributed by atoms with van der Waals surface area (Å²) < 4.78 is 16.9. The lowest BCUT2D eigenvalue weighted by molar-refractivity contribution is -0.157. The first-order chi connectivity index (χ1) is 9.37. The van der Waals surface area contributed by atoms with Gasteiger partial charge in [0.2, 0.25) is 0 Å². The highest BCUT2D eigenvalue weighted by atomic mass is 32.2. The number of ketones is 1. The van der Waals surface area contributed by atoms with Crippen molar-refractivity contribution in [2.75, 3.05) is 12.4 Å². The average Bonchev–Trinajstić information content (AvgIpc) is 2.39. The van der Waals surface area contributed by atoms with E-state index in [4.69, 9.17) is 4.74 Å². The molecule has 1 rings (SSSR count). The van der Waals surface area contributed by atoms with Gasteiger partial charge < -0.3 is 4.74 Å². The Balaban J connectivity index is 2.61. The smallest absolute Gasteiger partial charge is 0.319 e. The summed E-state index contributed by atoms with van der Waals surface area (Å²) in [4.78, 5) is 23.8. The van der Waals surface area contributed by atoms with E-state index in [-0.39, 0.29) is 18.1 Å². The maximum atomic E-state index is 12.1. The lowest BCUT2D eigenvalue weighted by Crippen LogP contribution is -2.38. The van der Waals surface area contributed by atoms with E-state index in [1.807, 2.05) is 30.3 Å². The molecule has 20 heavy (non-hydrogen) atoms. The van der Waals surface area contributed by atoms with Crippen LogP contribution in [0, 0.1) is 5.41 Å². The summed E-state index contributed by atoms with van der Waals surface area (Å²) >= 11 is 0. The highest BCUT2D eigenvalue weighted by molar-refractivity contribution is 7.84. The van der Waals surface area contributed by atoms with Gasteiger partial charge in [-0.1, -0.05) is 30.3 Å². The monoisotopic (exact) mass is 296 g/mol. The van der Waals surface area contributed by atoms with Crippen molar-refractivity contribution in [3.05, 3.63) is 35.9 Å². The number of Topliss-reactive ketones (excluding diaryl/α,β-unsaturated/α-hetero) is 1. The zero-order valence-electron chi connectivity index (χ0n) is 12.0. The molecule has 0 aromatic heterocycles. The van der Waals surface area contributed by atoms with Crippen LogP contribution < -0.4 is 0 Å². The molecule has 5 heteroatoms. The molecule has 4 nitrogen and oxygen atoms in total. The van der Waals surface area contributed by atoms with Gasteiger partial charge in [0.25, 0.3) is 0 Å². The van der Waals surface area contributed by atoms with Gasteiger partial charge in [0, 0.05) is 16.6 Å². The first kappa shape index (κ1) is 16.6. The van der Waals surface area contributed by atoms with E-state index in [0.29, 0.717) is 5.75 Å². The Hall–Kier alpha value is -1.49. The van der Waals surface area contributed by atoms with Gasteiger partial charge in [0.1, 0.15) is 5.41 Å². The number of ether oxygens (including phenoxy) is 1. The van der Waals surface area contributed by atoms with Crippen LogP contribution in [0.5, 0.6) is 0 Å². The molecule has 0 N–H and O–H groups in total. The molecule has 0 spiro atoms.